The molecule has 0 bridgehead atoms. The van der Waals surface area contributed by atoms with Crippen molar-refractivity contribution >= 4 is 17.2 Å². The number of fused-ring (bicyclic) bond motifs is 1. The number of methoxy groups -OCH3 is 3. The van der Waals surface area contributed by atoms with Crippen LogP contribution < -0.4 is 14.2 Å². The molecule has 142 valence electrons. The van der Waals surface area contributed by atoms with Gasteiger partial charge < -0.3 is 14.2 Å². The Bertz CT molecular complexity index is 1110. The Morgan fingerprint density at radius 1 is 0.821 bits per heavy atom. The van der Waals surface area contributed by atoms with Crippen molar-refractivity contribution in [2.45, 2.75) is 0 Å². The first kappa shape index (κ1) is 18.1. The van der Waals surface area contributed by atoms with Gasteiger partial charge in [0.1, 0.15) is 0 Å². The summed E-state index contributed by atoms with van der Waals surface area (Å²) in [4.78, 5) is 4.44. The number of rotatable bonds is 5. The van der Waals surface area contributed by atoms with Crippen LogP contribution in [0.4, 0.5) is 0 Å². The highest BCUT2D eigenvalue weighted by Gasteiger charge is 2.17. The van der Waals surface area contributed by atoms with E-state index in [2.05, 4.69) is 4.98 Å². The lowest BCUT2D eigenvalue weighted by Crippen LogP contribution is -1.99. The molecule has 2 aromatic carbocycles. The van der Waals surface area contributed by atoms with Gasteiger partial charge in [0, 0.05) is 28.4 Å². The minimum Gasteiger partial charge on any atom is -0.493 e. The van der Waals surface area contributed by atoms with Crippen molar-refractivity contribution in [1.29, 1.82) is 0 Å². The minimum atomic E-state index is 0.543. The predicted molar refractivity (Wildman–Crippen MR) is 109 cm³/mol. The van der Waals surface area contributed by atoms with Crippen LogP contribution in [0.1, 0.15) is 0 Å². The summed E-state index contributed by atoms with van der Waals surface area (Å²) in [7, 11) is 4.77. The number of aromatic nitrogens is 3. The molecule has 28 heavy (non-hydrogen) atoms. The van der Waals surface area contributed by atoms with Gasteiger partial charge in [0.2, 0.25) is 5.75 Å². The van der Waals surface area contributed by atoms with Crippen molar-refractivity contribution in [1.82, 2.24) is 14.6 Å². The van der Waals surface area contributed by atoms with E-state index in [1.54, 1.807) is 32.0 Å². The van der Waals surface area contributed by atoms with Crippen molar-refractivity contribution in [3.8, 4) is 39.8 Å². The first-order chi connectivity index (χ1) is 13.6. The van der Waals surface area contributed by atoms with Gasteiger partial charge >= 0.3 is 0 Å². The zero-order valence-electron chi connectivity index (χ0n) is 15.6. The van der Waals surface area contributed by atoms with Crippen LogP contribution in [0.25, 0.3) is 28.2 Å². The number of benzene rings is 2. The molecule has 7 heteroatoms. The standard InChI is InChI=1S/C21H18ClN3O3/c1-26-18-10-14(11-19(27-2)21(18)28-3)17-8-9-23-20-12-16(24-25(17)20)13-4-6-15(22)7-5-13/h4-12H,1-3H3. The fraction of sp³-hybridized carbons (Fsp3) is 0.143. The molecule has 0 N–H and O–H groups in total. The normalized spacial score (nSPS) is 10.9. The molecule has 0 fully saturated rings. The lowest BCUT2D eigenvalue weighted by atomic mass is 10.1. The first-order valence-electron chi connectivity index (χ1n) is 8.55. The van der Waals surface area contributed by atoms with Gasteiger partial charge in [-0.1, -0.05) is 23.7 Å². The molecule has 0 aliphatic rings. The zero-order chi connectivity index (χ0) is 19.7. The van der Waals surface area contributed by atoms with Crippen molar-refractivity contribution in [3.05, 3.63) is 59.8 Å². The quantitative estimate of drug-likeness (QED) is 0.488. The molecule has 0 saturated heterocycles. The molecule has 0 spiro atoms. The van der Waals surface area contributed by atoms with Crippen LogP contribution in [0.3, 0.4) is 0 Å². The Balaban J connectivity index is 1.89. The third kappa shape index (κ3) is 3.12. The Morgan fingerprint density at radius 2 is 1.50 bits per heavy atom. The fourth-order valence-corrected chi connectivity index (χ4v) is 3.23. The van der Waals surface area contributed by atoms with E-state index in [1.807, 2.05) is 48.5 Å². The summed E-state index contributed by atoms with van der Waals surface area (Å²) in [6.07, 6.45) is 1.75. The monoisotopic (exact) mass is 395 g/mol. The van der Waals surface area contributed by atoms with Crippen molar-refractivity contribution in [3.63, 3.8) is 0 Å². The smallest absolute Gasteiger partial charge is 0.203 e. The van der Waals surface area contributed by atoms with Crippen LogP contribution in [0.5, 0.6) is 17.2 Å². The molecule has 6 nitrogen and oxygen atoms in total. The molecule has 0 atom stereocenters. The van der Waals surface area contributed by atoms with Crippen LogP contribution in [0.2, 0.25) is 5.02 Å². The molecule has 0 aliphatic heterocycles. The number of nitrogens with zero attached hydrogens (tertiary/aromatic N) is 3. The lowest BCUT2D eigenvalue weighted by Gasteiger charge is -2.14. The second-order valence-corrected chi connectivity index (χ2v) is 6.49. The Labute approximate surface area is 167 Å². The van der Waals surface area contributed by atoms with Gasteiger partial charge in [-0.2, -0.15) is 5.10 Å². The van der Waals surface area contributed by atoms with Gasteiger partial charge in [0.05, 0.1) is 32.7 Å². The number of hydrogen-bond acceptors (Lipinski definition) is 5. The van der Waals surface area contributed by atoms with Gasteiger partial charge in [0.25, 0.3) is 0 Å². The van der Waals surface area contributed by atoms with E-state index >= 15 is 0 Å². The summed E-state index contributed by atoms with van der Waals surface area (Å²) in [6.45, 7) is 0. The van der Waals surface area contributed by atoms with Gasteiger partial charge in [-0.15, -0.1) is 0 Å². The highest BCUT2D eigenvalue weighted by Crippen LogP contribution is 2.41. The highest BCUT2D eigenvalue weighted by atomic mass is 35.5. The van der Waals surface area contributed by atoms with E-state index < -0.39 is 0 Å². The van der Waals surface area contributed by atoms with Crippen molar-refractivity contribution in [2.24, 2.45) is 0 Å². The maximum absolute atomic E-state index is 5.99. The van der Waals surface area contributed by atoms with Crippen LogP contribution in [0, 0.1) is 0 Å². The molecule has 0 saturated carbocycles. The number of ether oxygens (including phenoxy) is 3. The van der Waals surface area contributed by atoms with Gasteiger partial charge in [-0.25, -0.2) is 9.50 Å². The van der Waals surface area contributed by atoms with E-state index in [0.717, 1.165) is 28.2 Å². The highest BCUT2D eigenvalue weighted by molar-refractivity contribution is 6.30. The van der Waals surface area contributed by atoms with E-state index in [1.165, 1.54) is 0 Å². The van der Waals surface area contributed by atoms with E-state index in [-0.39, 0.29) is 0 Å². The van der Waals surface area contributed by atoms with Crippen molar-refractivity contribution in [2.75, 3.05) is 21.3 Å². The third-order valence-electron chi connectivity index (χ3n) is 4.46. The number of hydrogen-bond donors (Lipinski definition) is 0. The summed E-state index contributed by atoms with van der Waals surface area (Å²) in [6, 6.07) is 15.2. The van der Waals surface area contributed by atoms with Gasteiger partial charge in [-0.05, 0) is 30.3 Å². The molecule has 0 amide bonds. The van der Waals surface area contributed by atoms with Crippen LogP contribution in [-0.2, 0) is 0 Å². The van der Waals surface area contributed by atoms with E-state index in [9.17, 15) is 0 Å². The van der Waals surface area contributed by atoms with E-state index in [0.29, 0.717) is 22.3 Å². The van der Waals surface area contributed by atoms with Gasteiger partial charge in [-0.3, -0.25) is 0 Å². The predicted octanol–water partition coefficient (Wildman–Crippen LogP) is 4.74. The Hall–Kier alpha value is -3.25. The molecular weight excluding hydrogens is 378 g/mol. The number of halogens is 1. The largest absolute Gasteiger partial charge is 0.493 e. The average Bonchev–Trinajstić information content (AvgIpc) is 3.17. The fourth-order valence-electron chi connectivity index (χ4n) is 3.10. The molecule has 4 rings (SSSR count). The third-order valence-corrected chi connectivity index (χ3v) is 4.71. The molecule has 4 aromatic rings. The molecule has 2 heterocycles. The average molecular weight is 396 g/mol. The SMILES string of the molecule is COc1cc(-c2ccnc3cc(-c4ccc(Cl)cc4)nn23)cc(OC)c1OC. The Morgan fingerprint density at radius 3 is 2.11 bits per heavy atom. The minimum absolute atomic E-state index is 0.543. The summed E-state index contributed by atoms with van der Waals surface area (Å²) in [5, 5.41) is 5.42. The molecule has 0 unspecified atom stereocenters. The summed E-state index contributed by atoms with van der Waals surface area (Å²) >= 11 is 5.99. The molecule has 0 aliphatic carbocycles. The maximum Gasteiger partial charge on any atom is 0.203 e. The Kier molecular flexibility index (Phi) is 4.79. The topological polar surface area (TPSA) is 57.9 Å². The summed E-state index contributed by atoms with van der Waals surface area (Å²) in [5.74, 6) is 1.69. The van der Waals surface area contributed by atoms with Crippen LogP contribution in [0.15, 0.2) is 54.7 Å². The lowest BCUT2D eigenvalue weighted by molar-refractivity contribution is 0.324. The maximum atomic E-state index is 5.99. The van der Waals surface area contributed by atoms with Crippen LogP contribution in [-0.4, -0.2) is 35.9 Å². The van der Waals surface area contributed by atoms with Crippen LogP contribution >= 0.6 is 11.6 Å². The molecular formula is C21H18ClN3O3. The zero-order valence-corrected chi connectivity index (χ0v) is 16.4. The molecule has 0 radical (unpaired) electrons. The second-order valence-electron chi connectivity index (χ2n) is 6.05. The summed E-state index contributed by atoms with van der Waals surface area (Å²) < 4.78 is 18.2. The first-order valence-corrected chi connectivity index (χ1v) is 8.93. The second kappa shape index (κ2) is 7.40. The summed E-state index contributed by atoms with van der Waals surface area (Å²) in [5.41, 5.74) is 4.23. The molecule has 2 aromatic heterocycles. The van der Waals surface area contributed by atoms with E-state index in [4.69, 9.17) is 30.9 Å². The van der Waals surface area contributed by atoms with Gasteiger partial charge in [0.15, 0.2) is 17.1 Å². The van der Waals surface area contributed by atoms with Crippen molar-refractivity contribution < 1.29 is 14.2 Å².